The van der Waals surface area contributed by atoms with Crippen molar-refractivity contribution >= 4 is 5.82 Å². The highest BCUT2D eigenvalue weighted by Gasteiger charge is 2.17. The van der Waals surface area contributed by atoms with Gasteiger partial charge in [0.05, 0.1) is 5.69 Å². The fourth-order valence-corrected chi connectivity index (χ4v) is 1.52. The Morgan fingerprint density at radius 1 is 1.44 bits per heavy atom. The van der Waals surface area contributed by atoms with Crippen molar-refractivity contribution in [1.82, 2.24) is 9.97 Å². The highest BCUT2D eigenvalue weighted by atomic mass is 19.1. The zero-order chi connectivity index (χ0) is 12.1. The SMILES string of the molecule is Cc1ncnc(N(CCCN)C(C)C)c1F. The van der Waals surface area contributed by atoms with Crippen LogP contribution in [0, 0.1) is 12.7 Å². The summed E-state index contributed by atoms with van der Waals surface area (Å²) >= 11 is 0. The summed E-state index contributed by atoms with van der Waals surface area (Å²) in [7, 11) is 0. The zero-order valence-electron chi connectivity index (χ0n) is 10.1. The van der Waals surface area contributed by atoms with E-state index in [9.17, 15) is 4.39 Å². The average Bonchev–Trinajstić information content (AvgIpc) is 2.24. The Hall–Kier alpha value is -1.23. The van der Waals surface area contributed by atoms with Gasteiger partial charge in [-0.25, -0.2) is 14.4 Å². The van der Waals surface area contributed by atoms with Crippen LogP contribution in [0.15, 0.2) is 6.33 Å². The Kier molecular flexibility index (Phi) is 4.61. The van der Waals surface area contributed by atoms with E-state index in [0.717, 1.165) is 6.42 Å². The van der Waals surface area contributed by atoms with Crippen LogP contribution < -0.4 is 10.6 Å². The van der Waals surface area contributed by atoms with Crippen molar-refractivity contribution in [2.45, 2.75) is 33.2 Å². The molecule has 4 nitrogen and oxygen atoms in total. The van der Waals surface area contributed by atoms with Crippen molar-refractivity contribution in [3.8, 4) is 0 Å². The van der Waals surface area contributed by atoms with Crippen LogP contribution >= 0.6 is 0 Å². The van der Waals surface area contributed by atoms with Crippen LogP contribution in [-0.2, 0) is 0 Å². The first-order valence-electron chi connectivity index (χ1n) is 5.51. The van der Waals surface area contributed by atoms with Gasteiger partial charge >= 0.3 is 0 Å². The molecule has 1 aromatic rings. The summed E-state index contributed by atoms with van der Waals surface area (Å²) in [6.45, 7) is 6.96. The van der Waals surface area contributed by atoms with Crippen molar-refractivity contribution < 1.29 is 4.39 Å². The van der Waals surface area contributed by atoms with Gasteiger partial charge in [-0.15, -0.1) is 0 Å². The van der Waals surface area contributed by atoms with Crippen LogP contribution in [0.1, 0.15) is 26.0 Å². The number of hydrogen-bond acceptors (Lipinski definition) is 4. The van der Waals surface area contributed by atoms with Crippen LogP contribution in [0.25, 0.3) is 0 Å². The van der Waals surface area contributed by atoms with Gasteiger partial charge in [-0.1, -0.05) is 0 Å². The van der Waals surface area contributed by atoms with Crippen molar-refractivity contribution in [2.75, 3.05) is 18.0 Å². The minimum absolute atomic E-state index is 0.190. The summed E-state index contributed by atoms with van der Waals surface area (Å²) < 4.78 is 13.8. The zero-order valence-corrected chi connectivity index (χ0v) is 10.1. The molecular weight excluding hydrogens is 207 g/mol. The van der Waals surface area contributed by atoms with E-state index in [2.05, 4.69) is 9.97 Å². The number of nitrogens with zero attached hydrogens (tertiary/aromatic N) is 3. The van der Waals surface area contributed by atoms with Gasteiger partial charge in [0.2, 0.25) is 0 Å². The molecule has 1 heterocycles. The second-order valence-corrected chi connectivity index (χ2v) is 4.03. The summed E-state index contributed by atoms with van der Waals surface area (Å²) in [5, 5.41) is 0. The van der Waals surface area contributed by atoms with E-state index < -0.39 is 0 Å². The molecule has 0 aliphatic rings. The topological polar surface area (TPSA) is 55.0 Å². The molecule has 16 heavy (non-hydrogen) atoms. The predicted molar refractivity (Wildman–Crippen MR) is 62.9 cm³/mol. The molecule has 0 saturated carbocycles. The molecule has 0 aromatic carbocycles. The maximum atomic E-state index is 13.8. The molecule has 0 aliphatic heterocycles. The molecule has 0 unspecified atom stereocenters. The molecule has 0 fully saturated rings. The van der Waals surface area contributed by atoms with Gasteiger partial charge in [-0.2, -0.15) is 0 Å². The number of aryl methyl sites for hydroxylation is 1. The second kappa shape index (κ2) is 5.75. The van der Waals surface area contributed by atoms with Gasteiger partial charge in [-0.05, 0) is 33.7 Å². The lowest BCUT2D eigenvalue weighted by Crippen LogP contribution is -2.34. The number of nitrogens with two attached hydrogens (primary N) is 1. The molecule has 1 rings (SSSR count). The molecule has 5 heteroatoms. The molecule has 0 aliphatic carbocycles. The van der Waals surface area contributed by atoms with Crippen molar-refractivity contribution in [2.24, 2.45) is 5.73 Å². The minimum Gasteiger partial charge on any atom is -0.352 e. The summed E-state index contributed by atoms with van der Waals surface area (Å²) in [5.41, 5.74) is 5.85. The highest BCUT2D eigenvalue weighted by Crippen LogP contribution is 2.19. The lowest BCUT2D eigenvalue weighted by molar-refractivity contribution is 0.569. The van der Waals surface area contributed by atoms with Crippen LogP contribution in [0.2, 0.25) is 0 Å². The summed E-state index contributed by atoms with van der Waals surface area (Å²) in [5.74, 6) is 0.0316. The van der Waals surface area contributed by atoms with E-state index in [1.165, 1.54) is 6.33 Å². The normalized spacial score (nSPS) is 10.9. The third-order valence-electron chi connectivity index (χ3n) is 2.44. The summed E-state index contributed by atoms with van der Waals surface area (Å²) in [6.07, 6.45) is 2.21. The lowest BCUT2D eigenvalue weighted by atomic mass is 10.2. The van der Waals surface area contributed by atoms with Gasteiger partial charge in [0.25, 0.3) is 0 Å². The molecule has 0 atom stereocenters. The largest absolute Gasteiger partial charge is 0.352 e. The molecule has 0 saturated heterocycles. The lowest BCUT2D eigenvalue weighted by Gasteiger charge is -2.28. The molecule has 0 spiro atoms. The smallest absolute Gasteiger partial charge is 0.186 e. The Balaban J connectivity index is 2.96. The van der Waals surface area contributed by atoms with E-state index in [-0.39, 0.29) is 11.9 Å². The van der Waals surface area contributed by atoms with Crippen molar-refractivity contribution in [1.29, 1.82) is 0 Å². The number of rotatable bonds is 5. The fourth-order valence-electron chi connectivity index (χ4n) is 1.52. The van der Waals surface area contributed by atoms with Crippen LogP contribution in [0.5, 0.6) is 0 Å². The van der Waals surface area contributed by atoms with E-state index in [1.807, 2.05) is 18.7 Å². The van der Waals surface area contributed by atoms with Crippen molar-refractivity contribution in [3.05, 3.63) is 17.8 Å². The van der Waals surface area contributed by atoms with E-state index >= 15 is 0 Å². The number of hydrogen-bond donors (Lipinski definition) is 1. The second-order valence-electron chi connectivity index (χ2n) is 4.03. The fraction of sp³-hybridized carbons (Fsp3) is 0.636. The van der Waals surface area contributed by atoms with Gasteiger partial charge < -0.3 is 10.6 Å². The average molecular weight is 226 g/mol. The monoisotopic (exact) mass is 226 g/mol. The summed E-state index contributed by atoms with van der Waals surface area (Å²) in [6, 6.07) is 0.190. The minimum atomic E-state index is -0.340. The highest BCUT2D eigenvalue weighted by molar-refractivity contribution is 5.41. The maximum absolute atomic E-state index is 13.8. The van der Waals surface area contributed by atoms with E-state index in [4.69, 9.17) is 5.73 Å². The van der Waals surface area contributed by atoms with Crippen LogP contribution in [0.4, 0.5) is 10.2 Å². The number of anilines is 1. The Morgan fingerprint density at radius 3 is 2.69 bits per heavy atom. The molecule has 0 bridgehead atoms. The third-order valence-corrected chi connectivity index (χ3v) is 2.44. The molecule has 2 N–H and O–H groups in total. The summed E-state index contributed by atoms with van der Waals surface area (Å²) in [4.78, 5) is 9.75. The predicted octanol–water partition coefficient (Wildman–Crippen LogP) is 1.49. The van der Waals surface area contributed by atoms with Gasteiger partial charge in [-0.3, -0.25) is 0 Å². The van der Waals surface area contributed by atoms with Gasteiger partial charge in [0.1, 0.15) is 6.33 Å². The van der Waals surface area contributed by atoms with Gasteiger partial charge in [0.15, 0.2) is 11.6 Å². The first-order chi connectivity index (χ1) is 7.57. The standard InChI is InChI=1S/C11H19FN4/c1-8(2)16(6-4-5-13)11-10(12)9(3)14-7-15-11/h7-8H,4-6,13H2,1-3H3. The quantitative estimate of drug-likeness (QED) is 0.826. The number of halogens is 1. The first kappa shape index (κ1) is 12.8. The number of aromatic nitrogens is 2. The van der Waals surface area contributed by atoms with Crippen molar-refractivity contribution in [3.63, 3.8) is 0 Å². The Morgan fingerprint density at radius 2 is 2.12 bits per heavy atom. The molecule has 0 radical (unpaired) electrons. The van der Waals surface area contributed by atoms with E-state index in [0.29, 0.717) is 24.6 Å². The van der Waals surface area contributed by atoms with Crippen LogP contribution in [0.3, 0.4) is 0 Å². The first-order valence-corrected chi connectivity index (χ1v) is 5.51. The molecule has 1 aromatic heterocycles. The molecular formula is C11H19FN4. The molecule has 0 amide bonds. The van der Waals surface area contributed by atoms with E-state index in [1.54, 1.807) is 6.92 Å². The Bertz CT molecular complexity index is 341. The van der Waals surface area contributed by atoms with Gasteiger partial charge in [0, 0.05) is 12.6 Å². The maximum Gasteiger partial charge on any atom is 0.186 e. The van der Waals surface area contributed by atoms with Crippen LogP contribution in [-0.4, -0.2) is 29.1 Å². The Labute approximate surface area is 95.7 Å². The third kappa shape index (κ3) is 2.88. The molecule has 90 valence electrons.